The van der Waals surface area contributed by atoms with Crippen molar-refractivity contribution in [3.8, 4) is 10.6 Å². The minimum atomic E-state index is -2.90. The maximum atomic E-state index is 13.2. The molecule has 1 aromatic carbocycles. The third-order valence-corrected chi connectivity index (χ3v) is 3.43. The van der Waals surface area contributed by atoms with E-state index >= 15 is 0 Å². The maximum absolute atomic E-state index is 13.2. The SMILES string of the molecule is CC(F)(F)c1cccc(-c2ncc(C(N)=O)s2)c1. The summed E-state index contributed by atoms with van der Waals surface area (Å²) in [6.45, 7) is 0.836. The van der Waals surface area contributed by atoms with Crippen LogP contribution in [0.4, 0.5) is 8.78 Å². The Hall–Kier alpha value is -1.82. The maximum Gasteiger partial charge on any atom is 0.270 e. The Morgan fingerprint density at radius 1 is 1.44 bits per heavy atom. The highest BCUT2D eigenvalue weighted by Crippen LogP contribution is 2.31. The Bertz CT molecular complexity index is 590. The van der Waals surface area contributed by atoms with Gasteiger partial charge in [0.1, 0.15) is 9.88 Å². The summed E-state index contributed by atoms with van der Waals surface area (Å²) >= 11 is 1.08. The fourth-order valence-electron chi connectivity index (χ4n) is 1.45. The average molecular weight is 268 g/mol. The highest BCUT2D eigenvalue weighted by Gasteiger charge is 2.24. The number of hydrogen-bond donors (Lipinski definition) is 1. The number of rotatable bonds is 3. The van der Waals surface area contributed by atoms with Crippen LogP contribution in [0.2, 0.25) is 0 Å². The van der Waals surface area contributed by atoms with Crippen molar-refractivity contribution in [3.05, 3.63) is 40.9 Å². The molecular weight excluding hydrogens is 258 g/mol. The second-order valence-corrected chi connectivity index (χ2v) is 4.89. The molecule has 0 radical (unpaired) electrons. The molecule has 1 heterocycles. The molecule has 3 nitrogen and oxygen atoms in total. The first-order valence-electron chi connectivity index (χ1n) is 5.12. The molecule has 2 aromatic rings. The van der Waals surface area contributed by atoms with E-state index < -0.39 is 11.8 Å². The molecule has 94 valence electrons. The second-order valence-electron chi connectivity index (χ2n) is 3.86. The second kappa shape index (κ2) is 4.45. The van der Waals surface area contributed by atoms with Gasteiger partial charge in [0.15, 0.2) is 0 Å². The minimum absolute atomic E-state index is 0.0872. The number of halogens is 2. The van der Waals surface area contributed by atoms with E-state index in [4.69, 9.17) is 5.73 Å². The van der Waals surface area contributed by atoms with E-state index in [1.54, 1.807) is 6.07 Å². The summed E-state index contributed by atoms with van der Waals surface area (Å²) in [6, 6.07) is 5.92. The lowest BCUT2D eigenvalue weighted by Gasteiger charge is -2.10. The van der Waals surface area contributed by atoms with Crippen molar-refractivity contribution in [1.82, 2.24) is 4.98 Å². The van der Waals surface area contributed by atoms with E-state index in [1.165, 1.54) is 24.4 Å². The minimum Gasteiger partial charge on any atom is -0.365 e. The van der Waals surface area contributed by atoms with Gasteiger partial charge >= 0.3 is 0 Å². The first-order chi connectivity index (χ1) is 8.38. The predicted molar refractivity (Wildman–Crippen MR) is 65.6 cm³/mol. The Morgan fingerprint density at radius 3 is 2.72 bits per heavy atom. The summed E-state index contributed by atoms with van der Waals surface area (Å²) in [5.41, 5.74) is 5.58. The van der Waals surface area contributed by atoms with Crippen LogP contribution in [0.5, 0.6) is 0 Å². The number of carbonyl (C=O) groups excluding carboxylic acids is 1. The first kappa shape index (κ1) is 12.6. The summed E-state index contributed by atoms with van der Waals surface area (Å²) in [5, 5.41) is 0.495. The molecule has 0 fully saturated rings. The van der Waals surface area contributed by atoms with Crippen molar-refractivity contribution >= 4 is 17.2 Å². The molecule has 18 heavy (non-hydrogen) atoms. The standard InChI is InChI=1S/C12H10F2N2OS/c1-12(13,14)8-4-2-3-7(5-8)11-16-6-9(18-11)10(15)17/h2-6H,1H3,(H2,15,17). The van der Waals surface area contributed by atoms with Gasteiger partial charge in [-0.3, -0.25) is 4.79 Å². The Kier molecular flexibility index (Phi) is 3.13. The quantitative estimate of drug-likeness (QED) is 0.930. The monoisotopic (exact) mass is 268 g/mol. The molecular formula is C12H10F2N2OS. The lowest BCUT2D eigenvalue weighted by atomic mass is 10.1. The number of nitrogens with zero attached hydrogens (tertiary/aromatic N) is 1. The van der Waals surface area contributed by atoms with E-state index in [2.05, 4.69) is 4.98 Å². The smallest absolute Gasteiger partial charge is 0.270 e. The van der Waals surface area contributed by atoms with Gasteiger partial charge in [-0.05, 0) is 6.07 Å². The van der Waals surface area contributed by atoms with Crippen LogP contribution in [0, 0.1) is 0 Å². The topological polar surface area (TPSA) is 56.0 Å². The third-order valence-electron chi connectivity index (χ3n) is 2.36. The van der Waals surface area contributed by atoms with Gasteiger partial charge in [-0.1, -0.05) is 18.2 Å². The lowest BCUT2D eigenvalue weighted by Crippen LogP contribution is -2.08. The lowest BCUT2D eigenvalue weighted by molar-refractivity contribution is 0.0175. The highest BCUT2D eigenvalue weighted by molar-refractivity contribution is 7.16. The molecule has 0 atom stereocenters. The number of aromatic nitrogens is 1. The molecule has 6 heteroatoms. The van der Waals surface area contributed by atoms with Gasteiger partial charge in [-0.15, -0.1) is 11.3 Å². The molecule has 0 aliphatic rings. The number of nitrogens with two attached hydrogens (primary N) is 1. The van der Waals surface area contributed by atoms with Crippen LogP contribution >= 0.6 is 11.3 Å². The predicted octanol–water partition coefficient (Wildman–Crippen LogP) is 3.02. The molecule has 2 rings (SSSR count). The van der Waals surface area contributed by atoms with E-state index in [9.17, 15) is 13.6 Å². The van der Waals surface area contributed by atoms with Crippen molar-refractivity contribution in [2.75, 3.05) is 0 Å². The zero-order chi connectivity index (χ0) is 13.3. The van der Waals surface area contributed by atoms with Gasteiger partial charge in [-0.2, -0.15) is 0 Å². The molecule has 0 spiro atoms. The van der Waals surface area contributed by atoms with E-state index in [0.717, 1.165) is 18.3 Å². The van der Waals surface area contributed by atoms with Crippen molar-refractivity contribution in [1.29, 1.82) is 0 Å². The molecule has 0 saturated carbocycles. The fraction of sp³-hybridized carbons (Fsp3) is 0.167. The number of amides is 1. The van der Waals surface area contributed by atoms with Crippen molar-refractivity contribution in [3.63, 3.8) is 0 Å². The normalized spacial score (nSPS) is 11.5. The molecule has 0 aliphatic carbocycles. The van der Waals surface area contributed by atoms with Crippen LogP contribution in [0.1, 0.15) is 22.2 Å². The van der Waals surface area contributed by atoms with E-state index in [-0.39, 0.29) is 5.56 Å². The summed E-state index contributed by atoms with van der Waals surface area (Å²) in [4.78, 5) is 15.3. The summed E-state index contributed by atoms with van der Waals surface area (Å²) in [6.07, 6.45) is 1.35. The molecule has 0 unspecified atom stereocenters. The number of alkyl halides is 2. The van der Waals surface area contributed by atoms with Gasteiger partial charge in [0, 0.05) is 18.1 Å². The largest absolute Gasteiger partial charge is 0.365 e. The van der Waals surface area contributed by atoms with Crippen molar-refractivity contribution in [2.24, 2.45) is 5.73 Å². The third kappa shape index (κ3) is 2.53. The summed E-state index contributed by atoms with van der Waals surface area (Å²) in [7, 11) is 0. The van der Waals surface area contributed by atoms with Crippen LogP contribution < -0.4 is 5.73 Å². The molecule has 1 aromatic heterocycles. The van der Waals surface area contributed by atoms with Gasteiger partial charge < -0.3 is 5.73 Å². The summed E-state index contributed by atoms with van der Waals surface area (Å²) < 4.78 is 26.4. The van der Waals surface area contributed by atoms with Crippen LogP contribution in [0.15, 0.2) is 30.5 Å². The number of benzene rings is 1. The number of primary amides is 1. The fourth-order valence-corrected chi connectivity index (χ4v) is 2.21. The van der Waals surface area contributed by atoms with Crippen molar-refractivity contribution < 1.29 is 13.6 Å². The summed E-state index contributed by atoms with van der Waals surface area (Å²) in [5.74, 6) is -3.48. The zero-order valence-corrected chi connectivity index (χ0v) is 10.3. The number of hydrogen-bond acceptors (Lipinski definition) is 3. The van der Waals surface area contributed by atoms with Crippen LogP contribution in [-0.4, -0.2) is 10.9 Å². The highest BCUT2D eigenvalue weighted by atomic mass is 32.1. The van der Waals surface area contributed by atoms with Crippen LogP contribution in [0.25, 0.3) is 10.6 Å². The molecule has 2 N–H and O–H groups in total. The van der Waals surface area contributed by atoms with E-state index in [0.29, 0.717) is 15.4 Å². The number of carbonyl (C=O) groups is 1. The Morgan fingerprint density at radius 2 is 2.17 bits per heavy atom. The van der Waals surface area contributed by atoms with Gasteiger partial charge in [0.25, 0.3) is 11.8 Å². The van der Waals surface area contributed by atoms with E-state index in [1.807, 2.05) is 0 Å². The Balaban J connectivity index is 2.41. The molecule has 0 saturated heterocycles. The van der Waals surface area contributed by atoms with Crippen LogP contribution in [-0.2, 0) is 5.92 Å². The van der Waals surface area contributed by atoms with Gasteiger partial charge in [-0.25, -0.2) is 13.8 Å². The molecule has 0 bridgehead atoms. The van der Waals surface area contributed by atoms with Gasteiger partial charge in [0.2, 0.25) is 0 Å². The molecule has 0 aliphatic heterocycles. The van der Waals surface area contributed by atoms with Crippen molar-refractivity contribution in [2.45, 2.75) is 12.8 Å². The first-order valence-corrected chi connectivity index (χ1v) is 5.94. The zero-order valence-electron chi connectivity index (χ0n) is 9.48. The average Bonchev–Trinajstić information content (AvgIpc) is 2.77. The van der Waals surface area contributed by atoms with Crippen LogP contribution in [0.3, 0.4) is 0 Å². The molecule has 1 amide bonds. The van der Waals surface area contributed by atoms with Gasteiger partial charge in [0.05, 0.1) is 6.20 Å². The number of thiazole rings is 1. The Labute approximate surface area is 106 Å².